The van der Waals surface area contributed by atoms with E-state index in [0.29, 0.717) is 0 Å². The molecule has 0 aliphatic heterocycles. The van der Waals surface area contributed by atoms with Crippen LogP contribution in [-0.4, -0.2) is 26.6 Å². The minimum atomic E-state index is -4.65. The Hall–Kier alpha value is -0.0600. The van der Waals surface area contributed by atoms with E-state index in [1.165, 1.54) is 0 Å². The predicted octanol–water partition coefficient (Wildman–Crippen LogP) is 2.43. The Balaban J connectivity index is 3.49. The van der Waals surface area contributed by atoms with E-state index in [1.807, 2.05) is 0 Å². The van der Waals surface area contributed by atoms with E-state index in [4.69, 9.17) is 0 Å². The van der Waals surface area contributed by atoms with Gasteiger partial charge >= 0.3 is 7.91 Å². The Morgan fingerprint density at radius 3 is 2.17 bits per heavy atom. The maximum atomic E-state index is 12.4. The third-order valence-corrected chi connectivity index (χ3v) is 1.83. The van der Waals surface area contributed by atoms with Crippen LogP contribution in [0.1, 0.15) is 6.42 Å². The number of alkyl halides is 2. The van der Waals surface area contributed by atoms with Crippen molar-refractivity contribution in [3.05, 3.63) is 0 Å². The highest BCUT2D eigenvalue weighted by Gasteiger charge is 2.22. The lowest BCUT2D eigenvalue weighted by molar-refractivity contribution is 0.160. The molecule has 0 aromatic rings. The molecule has 0 saturated carbocycles. The maximum Gasteiger partial charge on any atom is 0.513 e. The Kier molecular flexibility index (Phi) is 6.42. The van der Waals surface area contributed by atoms with Crippen LogP contribution in [0.2, 0.25) is 0 Å². The highest BCUT2D eigenvalue weighted by atomic mass is 31.2. The second kappa shape index (κ2) is 6.46. The van der Waals surface area contributed by atoms with E-state index in [-0.39, 0.29) is 13.0 Å². The molecule has 1 atom stereocenters. The number of rotatable bonds is 7. The highest BCUT2D eigenvalue weighted by Crippen LogP contribution is 2.49. The summed E-state index contributed by atoms with van der Waals surface area (Å²) in [4.78, 5) is 0. The maximum absolute atomic E-state index is 12.4. The summed E-state index contributed by atoms with van der Waals surface area (Å²) in [5.41, 5.74) is 0. The van der Waals surface area contributed by atoms with Crippen molar-refractivity contribution in [1.82, 2.24) is 0 Å². The van der Waals surface area contributed by atoms with Gasteiger partial charge in [-0.05, 0) is 6.42 Å². The van der Waals surface area contributed by atoms with E-state index >= 15 is 0 Å². The van der Waals surface area contributed by atoms with Crippen molar-refractivity contribution < 1.29 is 26.6 Å². The van der Waals surface area contributed by atoms with Gasteiger partial charge in [-0.1, -0.05) is 0 Å². The molecule has 0 fully saturated rings. The van der Waals surface area contributed by atoms with Gasteiger partial charge in [-0.2, -0.15) is 0 Å². The first-order valence-corrected chi connectivity index (χ1v) is 4.76. The van der Waals surface area contributed by atoms with Crippen LogP contribution in [-0.2, 0) is 13.6 Å². The van der Waals surface area contributed by atoms with E-state index in [1.54, 1.807) is 0 Å². The fourth-order valence-corrected chi connectivity index (χ4v) is 1.12. The van der Waals surface area contributed by atoms with Crippen molar-refractivity contribution in [3.8, 4) is 0 Å². The molecule has 0 aliphatic rings. The molecule has 0 saturated heterocycles. The topological polar surface area (TPSA) is 35.5 Å². The van der Waals surface area contributed by atoms with Gasteiger partial charge in [0.1, 0.15) is 6.67 Å². The molecule has 0 N–H and O–H groups in total. The van der Waals surface area contributed by atoms with Crippen LogP contribution in [0.3, 0.4) is 0 Å². The molecule has 1 unspecified atom stereocenters. The molecular weight excluding hydrogens is 196 g/mol. The Bertz CT molecular complexity index is 155. The molecule has 0 amide bonds. The zero-order chi connectivity index (χ0) is 9.45. The number of hydrogen-bond acceptors (Lipinski definition) is 3. The smallest absolute Gasteiger partial charge is 0.283 e. The summed E-state index contributed by atoms with van der Waals surface area (Å²) in [5.74, 6) is 0. The van der Waals surface area contributed by atoms with Crippen LogP contribution >= 0.6 is 7.91 Å². The molecule has 3 nitrogen and oxygen atoms in total. The number of hydrogen-bond donors (Lipinski definition) is 0. The first-order valence-electron chi connectivity index (χ1n) is 3.33. The van der Waals surface area contributed by atoms with E-state index in [9.17, 15) is 17.5 Å². The van der Waals surface area contributed by atoms with Gasteiger partial charge in [-0.15, -0.1) is 4.20 Å². The average molecular weight is 206 g/mol. The second-order valence-corrected chi connectivity index (χ2v) is 3.21. The van der Waals surface area contributed by atoms with E-state index in [0.717, 1.165) is 0 Å². The molecule has 74 valence electrons. The summed E-state index contributed by atoms with van der Waals surface area (Å²) < 4.78 is 53.6. The van der Waals surface area contributed by atoms with Crippen molar-refractivity contribution in [3.63, 3.8) is 0 Å². The van der Waals surface area contributed by atoms with Crippen LogP contribution in [0, 0.1) is 0 Å². The fourth-order valence-electron chi connectivity index (χ4n) is 0.409. The molecule has 0 aromatic heterocycles. The zero-order valence-electron chi connectivity index (χ0n) is 6.34. The van der Waals surface area contributed by atoms with Crippen molar-refractivity contribution in [2.75, 3.05) is 26.6 Å². The Morgan fingerprint density at radius 2 is 1.67 bits per heavy atom. The van der Waals surface area contributed by atoms with Gasteiger partial charge < -0.3 is 0 Å². The number of halogens is 3. The standard InChI is InChI=1S/C5H10F3O3P/c6-2-1-4-10-12(8,9)11-5-3-7/h1-5H2. The van der Waals surface area contributed by atoms with Crippen LogP contribution in [0.15, 0.2) is 0 Å². The molecule has 0 heterocycles. The predicted molar refractivity (Wildman–Crippen MR) is 37.2 cm³/mol. The largest absolute Gasteiger partial charge is 0.513 e. The van der Waals surface area contributed by atoms with E-state index in [2.05, 4.69) is 9.05 Å². The lowest BCUT2D eigenvalue weighted by Gasteiger charge is -2.07. The van der Waals surface area contributed by atoms with Gasteiger partial charge in [-0.25, -0.2) is 8.96 Å². The molecule has 0 bridgehead atoms. The third kappa shape index (κ3) is 6.64. The minimum Gasteiger partial charge on any atom is -0.283 e. The lowest BCUT2D eigenvalue weighted by Crippen LogP contribution is -1.97. The molecule has 0 spiro atoms. The minimum absolute atomic E-state index is 0.0626. The van der Waals surface area contributed by atoms with Crippen molar-refractivity contribution in [1.29, 1.82) is 0 Å². The molecule has 0 rings (SSSR count). The SMILES string of the molecule is O=P(F)(OCCF)OCCCF. The summed E-state index contributed by atoms with van der Waals surface area (Å²) in [6.07, 6.45) is -0.0626. The summed E-state index contributed by atoms with van der Waals surface area (Å²) in [6, 6.07) is 0. The zero-order valence-corrected chi connectivity index (χ0v) is 7.24. The van der Waals surface area contributed by atoms with Gasteiger partial charge in [0.25, 0.3) is 0 Å². The summed E-state index contributed by atoms with van der Waals surface area (Å²) in [5, 5.41) is 0. The quantitative estimate of drug-likeness (QED) is 0.474. The molecule has 7 heteroatoms. The molecule has 12 heavy (non-hydrogen) atoms. The molecule has 0 aromatic carbocycles. The Morgan fingerprint density at radius 1 is 1.08 bits per heavy atom. The van der Waals surface area contributed by atoms with Gasteiger partial charge in [-0.3, -0.25) is 13.4 Å². The first kappa shape index (κ1) is 11.9. The summed E-state index contributed by atoms with van der Waals surface area (Å²) in [7, 11) is -4.65. The first-order chi connectivity index (χ1) is 5.62. The molecule has 0 radical (unpaired) electrons. The average Bonchev–Trinajstić information content (AvgIpc) is 2.01. The van der Waals surface area contributed by atoms with Crippen LogP contribution in [0.4, 0.5) is 13.0 Å². The fraction of sp³-hybridized carbons (Fsp3) is 1.00. The lowest BCUT2D eigenvalue weighted by atomic mass is 10.5. The normalized spacial score (nSPS) is 15.9. The van der Waals surface area contributed by atoms with Crippen molar-refractivity contribution >= 4 is 7.91 Å². The van der Waals surface area contributed by atoms with Gasteiger partial charge in [0.05, 0.1) is 19.9 Å². The van der Waals surface area contributed by atoms with Gasteiger partial charge in [0, 0.05) is 0 Å². The van der Waals surface area contributed by atoms with Gasteiger partial charge in [0.2, 0.25) is 0 Å². The Labute approximate surface area is 68.5 Å². The van der Waals surface area contributed by atoms with Gasteiger partial charge in [0.15, 0.2) is 0 Å². The van der Waals surface area contributed by atoms with Crippen LogP contribution < -0.4 is 0 Å². The van der Waals surface area contributed by atoms with Crippen molar-refractivity contribution in [2.45, 2.75) is 6.42 Å². The highest BCUT2D eigenvalue weighted by molar-refractivity contribution is 7.48. The second-order valence-electron chi connectivity index (χ2n) is 1.83. The summed E-state index contributed by atoms with van der Waals surface area (Å²) in [6.45, 7) is -2.59. The third-order valence-electron chi connectivity index (χ3n) is 0.846. The molecule has 0 aliphatic carbocycles. The monoisotopic (exact) mass is 206 g/mol. The molecular formula is C5H10F3O3P. The van der Waals surface area contributed by atoms with E-state index < -0.39 is 27.9 Å². The van der Waals surface area contributed by atoms with Crippen LogP contribution in [0.25, 0.3) is 0 Å². The van der Waals surface area contributed by atoms with Crippen molar-refractivity contribution in [2.24, 2.45) is 0 Å². The summed E-state index contributed by atoms with van der Waals surface area (Å²) >= 11 is 0. The van der Waals surface area contributed by atoms with Crippen LogP contribution in [0.5, 0.6) is 0 Å².